The predicted octanol–water partition coefficient (Wildman–Crippen LogP) is 2.07. The molecule has 8 heteroatoms. The van der Waals surface area contributed by atoms with Gasteiger partial charge in [-0.3, -0.25) is 9.36 Å². The lowest BCUT2D eigenvalue weighted by molar-refractivity contribution is -0.145. The monoisotopic (exact) mass is 338 g/mol. The van der Waals surface area contributed by atoms with Crippen LogP contribution in [0.15, 0.2) is 4.79 Å². The van der Waals surface area contributed by atoms with Gasteiger partial charge in [-0.15, -0.1) is 11.3 Å². The van der Waals surface area contributed by atoms with Crippen LogP contribution < -0.4 is 5.56 Å². The van der Waals surface area contributed by atoms with Crippen LogP contribution in [0.4, 0.5) is 0 Å². The number of carboxylic acid groups (broad SMARTS) is 1. The van der Waals surface area contributed by atoms with Gasteiger partial charge in [0, 0.05) is 0 Å². The van der Waals surface area contributed by atoms with E-state index in [-0.39, 0.29) is 17.8 Å². The summed E-state index contributed by atoms with van der Waals surface area (Å²) in [6.07, 6.45) is 0. The number of rotatable bonds is 4. The molecule has 0 amide bonds. The van der Waals surface area contributed by atoms with Crippen molar-refractivity contribution in [1.82, 2.24) is 9.55 Å². The van der Waals surface area contributed by atoms with Gasteiger partial charge in [-0.25, -0.2) is 14.6 Å². The minimum absolute atomic E-state index is 0.231. The molecule has 2 heterocycles. The molecule has 2 aromatic rings. The van der Waals surface area contributed by atoms with Crippen molar-refractivity contribution in [3.05, 3.63) is 26.6 Å². The Hall–Kier alpha value is -2.22. The van der Waals surface area contributed by atoms with E-state index < -0.39 is 23.0 Å². The lowest BCUT2D eigenvalue weighted by Gasteiger charge is -2.24. The molecule has 0 unspecified atom stereocenters. The Morgan fingerprint density at radius 1 is 1.35 bits per heavy atom. The zero-order valence-electron chi connectivity index (χ0n) is 13.6. The van der Waals surface area contributed by atoms with E-state index in [0.717, 1.165) is 15.9 Å². The highest BCUT2D eigenvalue weighted by Crippen LogP contribution is 2.29. The average Bonchev–Trinajstić information content (AvgIpc) is 2.75. The average molecular weight is 338 g/mol. The predicted molar refractivity (Wildman–Crippen MR) is 86.3 cm³/mol. The Morgan fingerprint density at radius 2 is 1.96 bits per heavy atom. The molecule has 2 aromatic heterocycles. The molecule has 0 aliphatic rings. The fourth-order valence-corrected chi connectivity index (χ4v) is 3.54. The Labute approximate surface area is 136 Å². The summed E-state index contributed by atoms with van der Waals surface area (Å²) in [5.41, 5.74) is -1.44. The Kier molecular flexibility index (Phi) is 4.30. The maximum Gasteiger partial charge on any atom is 0.348 e. The largest absolute Gasteiger partial charge is 0.480 e. The second-order valence-corrected chi connectivity index (χ2v) is 6.62. The zero-order valence-corrected chi connectivity index (χ0v) is 14.4. The number of carboxylic acids is 1. The van der Waals surface area contributed by atoms with Gasteiger partial charge in [0.25, 0.3) is 5.56 Å². The topological polar surface area (TPSA) is 98.5 Å². The highest BCUT2D eigenvalue weighted by atomic mass is 32.1. The number of ether oxygens (including phenoxy) is 1. The molecule has 0 aliphatic carbocycles. The first-order chi connectivity index (χ1) is 10.6. The van der Waals surface area contributed by atoms with E-state index in [9.17, 15) is 19.5 Å². The normalized spacial score (nSPS) is 11.7. The summed E-state index contributed by atoms with van der Waals surface area (Å²) in [6, 6.07) is 0. The van der Waals surface area contributed by atoms with Crippen LogP contribution in [0.3, 0.4) is 0 Å². The number of hydrogen-bond acceptors (Lipinski definition) is 6. The minimum atomic E-state index is -1.44. The van der Waals surface area contributed by atoms with Crippen molar-refractivity contribution in [2.45, 2.75) is 40.2 Å². The summed E-state index contributed by atoms with van der Waals surface area (Å²) in [5.74, 6) is -1.36. The summed E-state index contributed by atoms with van der Waals surface area (Å²) < 4.78 is 6.13. The first-order valence-corrected chi connectivity index (χ1v) is 7.88. The number of esters is 1. The van der Waals surface area contributed by atoms with Gasteiger partial charge >= 0.3 is 11.9 Å². The van der Waals surface area contributed by atoms with E-state index in [4.69, 9.17) is 4.74 Å². The molecular weight excluding hydrogens is 320 g/mol. The number of nitrogens with zero attached hydrogens (tertiary/aromatic N) is 2. The van der Waals surface area contributed by atoms with Gasteiger partial charge in [-0.05, 0) is 40.2 Å². The van der Waals surface area contributed by atoms with Crippen molar-refractivity contribution in [2.24, 2.45) is 0 Å². The summed E-state index contributed by atoms with van der Waals surface area (Å²) in [7, 11) is 0. The van der Waals surface area contributed by atoms with Gasteiger partial charge < -0.3 is 9.84 Å². The number of aromatic nitrogens is 2. The molecule has 124 valence electrons. The third kappa shape index (κ3) is 2.63. The standard InChI is InChI=1S/C15H18N2O5S/c1-6-22-13(19)10-7(2)9-11(23-10)16-8(3)17(12(9)18)15(4,5)14(20)21/h6H2,1-5H3,(H,20,21). The zero-order chi connectivity index (χ0) is 17.5. The quantitative estimate of drug-likeness (QED) is 0.857. The van der Waals surface area contributed by atoms with Crippen LogP contribution in [-0.4, -0.2) is 33.2 Å². The molecule has 0 saturated heterocycles. The Morgan fingerprint density at radius 3 is 2.48 bits per heavy atom. The number of thiophene rings is 1. The molecule has 0 spiro atoms. The smallest absolute Gasteiger partial charge is 0.348 e. The molecule has 0 aliphatic heterocycles. The number of aryl methyl sites for hydroxylation is 2. The van der Waals surface area contributed by atoms with Crippen molar-refractivity contribution in [2.75, 3.05) is 6.61 Å². The van der Waals surface area contributed by atoms with Crippen LogP contribution >= 0.6 is 11.3 Å². The number of hydrogen-bond donors (Lipinski definition) is 1. The van der Waals surface area contributed by atoms with Crippen LogP contribution in [0, 0.1) is 13.8 Å². The minimum Gasteiger partial charge on any atom is -0.480 e. The third-order valence-electron chi connectivity index (χ3n) is 3.68. The maximum atomic E-state index is 12.8. The van der Waals surface area contributed by atoms with Crippen LogP contribution in [0.25, 0.3) is 10.2 Å². The van der Waals surface area contributed by atoms with Crippen LogP contribution in [0.5, 0.6) is 0 Å². The molecule has 0 saturated carbocycles. The molecule has 1 N–H and O–H groups in total. The maximum absolute atomic E-state index is 12.8. The van der Waals surface area contributed by atoms with Gasteiger partial charge in [0.1, 0.15) is 21.1 Å². The fourth-order valence-electron chi connectivity index (χ4n) is 2.43. The SMILES string of the molecule is CCOC(=O)c1sc2nc(C)n(C(C)(C)C(=O)O)c(=O)c2c1C. The lowest BCUT2D eigenvalue weighted by atomic mass is 10.0. The molecule has 23 heavy (non-hydrogen) atoms. The highest BCUT2D eigenvalue weighted by molar-refractivity contribution is 7.20. The van der Waals surface area contributed by atoms with E-state index in [0.29, 0.717) is 15.3 Å². The molecule has 0 bridgehead atoms. The summed E-state index contributed by atoms with van der Waals surface area (Å²) in [6.45, 7) is 8.02. The van der Waals surface area contributed by atoms with E-state index in [1.807, 2.05) is 0 Å². The van der Waals surface area contributed by atoms with Gasteiger partial charge in [0.05, 0.1) is 12.0 Å². The van der Waals surface area contributed by atoms with Gasteiger partial charge in [-0.2, -0.15) is 0 Å². The van der Waals surface area contributed by atoms with Gasteiger partial charge in [-0.1, -0.05) is 0 Å². The van der Waals surface area contributed by atoms with Gasteiger partial charge in [0.15, 0.2) is 0 Å². The summed E-state index contributed by atoms with van der Waals surface area (Å²) in [5, 5.41) is 9.65. The molecule has 0 fully saturated rings. The van der Waals surface area contributed by atoms with Crippen molar-refractivity contribution in [3.8, 4) is 0 Å². The highest BCUT2D eigenvalue weighted by Gasteiger charge is 2.34. The van der Waals surface area contributed by atoms with Crippen molar-refractivity contribution < 1.29 is 19.4 Å². The molecule has 7 nitrogen and oxygen atoms in total. The number of fused-ring (bicyclic) bond motifs is 1. The first kappa shape index (κ1) is 17.1. The van der Waals surface area contributed by atoms with E-state index in [2.05, 4.69) is 4.98 Å². The van der Waals surface area contributed by atoms with E-state index in [1.165, 1.54) is 13.8 Å². The summed E-state index contributed by atoms with van der Waals surface area (Å²) >= 11 is 1.08. The Bertz CT molecular complexity index is 863. The first-order valence-electron chi connectivity index (χ1n) is 7.06. The second-order valence-electron chi connectivity index (χ2n) is 5.62. The Balaban J connectivity index is 2.82. The lowest BCUT2D eigenvalue weighted by Crippen LogP contribution is -2.44. The molecular formula is C15H18N2O5S. The van der Waals surface area contributed by atoms with E-state index in [1.54, 1.807) is 20.8 Å². The van der Waals surface area contributed by atoms with Crippen molar-refractivity contribution in [3.63, 3.8) is 0 Å². The number of carbonyl (C=O) groups is 2. The van der Waals surface area contributed by atoms with Crippen molar-refractivity contribution in [1.29, 1.82) is 0 Å². The molecule has 0 atom stereocenters. The van der Waals surface area contributed by atoms with E-state index >= 15 is 0 Å². The van der Waals surface area contributed by atoms with Crippen LogP contribution in [-0.2, 0) is 15.1 Å². The van der Waals surface area contributed by atoms with Crippen LogP contribution in [0.2, 0.25) is 0 Å². The molecule has 0 radical (unpaired) electrons. The molecule has 0 aromatic carbocycles. The number of carbonyl (C=O) groups excluding carboxylic acids is 1. The molecule has 2 rings (SSSR count). The van der Waals surface area contributed by atoms with Gasteiger partial charge in [0.2, 0.25) is 0 Å². The summed E-state index contributed by atoms with van der Waals surface area (Å²) in [4.78, 5) is 41.3. The van der Waals surface area contributed by atoms with Crippen molar-refractivity contribution >= 4 is 33.5 Å². The third-order valence-corrected chi connectivity index (χ3v) is 4.84. The number of aliphatic carboxylic acids is 1. The van der Waals surface area contributed by atoms with Crippen LogP contribution in [0.1, 0.15) is 41.8 Å². The fraction of sp³-hybridized carbons (Fsp3) is 0.467. The second kappa shape index (κ2) is 5.77.